The van der Waals surface area contributed by atoms with Gasteiger partial charge in [0, 0.05) is 4.88 Å². The van der Waals surface area contributed by atoms with Crippen LogP contribution in [0.15, 0.2) is 35.9 Å². The number of carbonyl (C=O) groups excluding carboxylic acids is 1. The van der Waals surface area contributed by atoms with Crippen molar-refractivity contribution in [1.82, 2.24) is 9.55 Å². The number of ether oxygens (including phenoxy) is 1. The average Bonchev–Trinajstić information content (AvgIpc) is 2.91. The molecule has 0 fully saturated rings. The molecule has 2 heterocycles. The Morgan fingerprint density at radius 2 is 2.26 bits per heavy atom. The van der Waals surface area contributed by atoms with Gasteiger partial charge >= 0.3 is 5.97 Å². The first-order valence-electron chi connectivity index (χ1n) is 7.48. The van der Waals surface area contributed by atoms with Crippen LogP contribution < -0.4 is 5.56 Å². The zero-order valence-electron chi connectivity index (χ0n) is 13.5. The lowest BCUT2D eigenvalue weighted by Crippen LogP contribution is -2.31. The predicted octanol–water partition coefficient (Wildman–Crippen LogP) is 3.56. The summed E-state index contributed by atoms with van der Waals surface area (Å²) in [4.78, 5) is 30.8. The number of allylic oxidation sites excluding steroid dienone is 2. The Hall–Kier alpha value is -2.21. The molecule has 0 radical (unpaired) electrons. The fraction of sp³-hybridized carbons (Fsp3) is 0.353. The van der Waals surface area contributed by atoms with E-state index in [1.807, 2.05) is 13.0 Å². The van der Waals surface area contributed by atoms with Gasteiger partial charge in [0.1, 0.15) is 10.9 Å². The minimum Gasteiger partial charge on any atom is -0.461 e. The molecule has 2 aromatic rings. The highest BCUT2D eigenvalue weighted by molar-refractivity contribution is 7.19. The second-order valence-corrected chi connectivity index (χ2v) is 6.39. The molecule has 1 atom stereocenters. The highest BCUT2D eigenvalue weighted by Crippen LogP contribution is 2.23. The van der Waals surface area contributed by atoms with Crippen molar-refractivity contribution in [1.29, 1.82) is 0 Å². The SMILES string of the molecule is C=C/C=C/c1cc2c(=O)n(C(CC)C(=O)OC(C)C)cnc2s1. The van der Waals surface area contributed by atoms with Crippen LogP contribution in [0.1, 0.15) is 38.1 Å². The number of carbonyl (C=O) groups is 1. The number of hydrogen-bond acceptors (Lipinski definition) is 5. The molecule has 6 heteroatoms. The second kappa shape index (κ2) is 7.37. The fourth-order valence-corrected chi connectivity index (χ4v) is 3.11. The summed E-state index contributed by atoms with van der Waals surface area (Å²) in [5.41, 5.74) is -0.225. The zero-order chi connectivity index (χ0) is 17.0. The first-order chi connectivity index (χ1) is 11.0. The highest BCUT2D eigenvalue weighted by atomic mass is 32.1. The molecule has 0 aromatic carbocycles. The van der Waals surface area contributed by atoms with Crippen LogP contribution >= 0.6 is 11.3 Å². The molecule has 0 N–H and O–H groups in total. The first kappa shape index (κ1) is 17.1. The van der Waals surface area contributed by atoms with Crippen molar-refractivity contribution in [2.75, 3.05) is 0 Å². The van der Waals surface area contributed by atoms with Gasteiger partial charge in [-0.25, -0.2) is 9.78 Å². The molecule has 2 rings (SSSR count). The number of aromatic nitrogens is 2. The molecule has 0 aliphatic heterocycles. The van der Waals surface area contributed by atoms with Crippen molar-refractivity contribution in [3.63, 3.8) is 0 Å². The maximum atomic E-state index is 12.7. The monoisotopic (exact) mass is 332 g/mol. The van der Waals surface area contributed by atoms with Gasteiger partial charge in [0.05, 0.1) is 17.8 Å². The van der Waals surface area contributed by atoms with E-state index >= 15 is 0 Å². The lowest BCUT2D eigenvalue weighted by atomic mass is 10.2. The minimum atomic E-state index is -0.658. The largest absolute Gasteiger partial charge is 0.461 e. The van der Waals surface area contributed by atoms with E-state index in [-0.39, 0.29) is 11.7 Å². The van der Waals surface area contributed by atoms with Crippen molar-refractivity contribution >= 4 is 33.6 Å². The summed E-state index contributed by atoms with van der Waals surface area (Å²) in [5, 5.41) is 0.511. The molecular formula is C17H20N2O3S. The Morgan fingerprint density at radius 3 is 2.87 bits per heavy atom. The number of thiophene rings is 1. The quantitative estimate of drug-likeness (QED) is 0.599. The normalized spacial score (nSPS) is 12.9. The summed E-state index contributed by atoms with van der Waals surface area (Å²) in [6.07, 6.45) is 7.02. The number of fused-ring (bicyclic) bond motifs is 1. The lowest BCUT2D eigenvalue weighted by Gasteiger charge is -2.18. The second-order valence-electron chi connectivity index (χ2n) is 5.33. The average molecular weight is 332 g/mol. The van der Waals surface area contributed by atoms with E-state index in [0.717, 1.165) is 4.88 Å². The summed E-state index contributed by atoms with van der Waals surface area (Å²) < 4.78 is 6.60. The molecule has 23 heavy (non-hydrogen) atoms. The molecule has 1 unspecified atom stereocenters. The summed E-state index contributed by atoms with van der Waals surface area (Å²) in [6, 6.07) is 1.13. The van der Waals surface area contributed by atoms with Gasteiger partial charge in [-0.1, -0.05) is 25.7 Å². The van der Waals surface area contributed by atoms with E-state index in [1.54, 1.807) is 32.1 Å². The molecule has 0 saturated heterocycles. The third-order valence-corrected chi connectivity index (χ3v) is 4.25. The van der Waals surface area contributed by atoms with Crippen LogP contribution in [0.25, 0.3) is 16.3 Å². The van der Waals surface area contributed by atoms with Crippen LogP contribution in [0.3, 0.4) is 0 Å². The molecule has 0 aliphatic carbocycles. The molecule has 5 nitrogen and oxygen atoms in total. The van der Waals surface area contributed by atoms with E-state index < -0.39 is 12.0 Å². The summed E-state index contributed by atoms with van der Waals surface area (Å²) in [6.45, 7) is 9.03. The van der Waals surface area contributed by atoms with Crippen molar-refractivity contribution < 1.29 is 9.53 Å². The van der Waals surface area contributed by atoms with E-state index in [9.17, 15) is 9.59 Å². The first-order valence-corrected chi connectivity index (χ1v) is 8.29. The number of hydrogen-bond donors (Lipinski definition) is 0. The lowest BCUT2D eigenvalue weighted by molar-refractivity contribution is -0.151. The van der Waals surface area contributed by atoms with Crippen LogP contribution in [0, 0.1) is 0 Å². The smallest absolute Gasteiger partial charge is 0.329 e. The number of rotatable bonds is 6. The van der Waals surface area contributed by atoms with E-state index in [1.165, 1.54) is 22.2 Å². The highest BCUT2D eigenvalue weighted by Gasteiger charge is 2.23. The van der Waals surface area contributed by atoms with Gasteiger partial charge in [0.25, 0.3) is 5.56 Å². The molecule has 0 saturated carbocycles. The molecular weight excluding hydrogens is 312 g/mol. The molecule has 0 amide bonds. The van der Waals surface area contributed by atoms with Crippen LogP contribution in [-0.2, 0) is 9.53 Å². The van der Waals surface area contributed by atoms with Gasteiger partial charge in [0.2, 0.25) is 0 Å². The van der Waals surface area contributed by atoms with E-state index in [0.29, 0.717) is 16.6 Å². The van der Waals surface area contributed by atoms with Crippen LogP contribution in [0.2, 0.25) is 0 Å². The maximum absolute atomic E-state index is 12.7. The summed E-state index contributed by atoms with van der Waals surface area (Å²) >= 11 is 1.42. The number of nitrogens with zero attached hydrogens (tertiary/aromatic N) is 2. The Bertz CT molecular complexity index is 802. The Balaban J connectivity index is 2.46. The van der Waals surface area contributed by atoms with Crippen LogP contribution in [0.5, 0.6) is 0 Å². The van der Waals surface area contributed by atoms with Gasteiger partial charge in [0.15, 0.2) is 0 Å². The van der Waals surface area contributed by atoms with Gasteiger partial charge < -0.3 is 4.74 Å². The Kier molecular flexibility index (Phi) is 5.50. The summed E-state index contributed by atoms with van der Waals surface area (Å²) in [5.74, 6) is -0.409. The Labute approximate surface area is 138 Å². The Morgan fingerprint density at radius 1 is 1.52 bits per heavy atom. The van der Waals surface area contributed by atoms with Crippen molar-refractivity contribution in [2.45, 2.75) is 39.3 Å². The van der Waals surface area contributed by atoms with E-state index in [2.05, 4.69) is 11.6 Å². The predicted molar refractivity (Wildman–Crippen MR) is 93.7 cm³/mol. The van der Waals surface area contributed by atoms with E-state index in [4.69, 9.17) is 4.74 Å². The van der Waals surface area contributed by atoms with Crippen LogP contribution in [-0.4, -0.2) is 21.6 Å². The molecule has 2 aromatic heterocycles. The third-order valence-electron chi connectivity index (χ3n) is 3.24. The molecule has 0 bridgehead atoms. The molecule has 0 aliphatic rings. The van der Waals surface area contributed by atoms with Crippen molar-refractivity contribution in [2.24, 2.45) is 0 Å². The number of esters is 1. The standard InChI is InChI=1S/C17H20N2O3S/c1-5-7-8-12-9-13-15(23-12)18-10-19(16(13)20)14(6-2)17(21)22-11(3)4/h5,7-11,14H,1,6H2,2-4H3/b8-7+. The third kappa shape index (κ3) is 3.76. The van der Waals surface area contributed by atoms with Gasteiger partial charge in [-0.05, 0) is 32.4 Å². The fourth-order valence-electron chi connectivity index (χ4n) is 2.21. The van der Waals surface area contributed by atoms with Crippen molar-refractivity contribution in [3.8, 4) is 0 Å². The molecule has 0 spiro atoms. The van der Waals surface area contributed by atoms with Crippen molar-refractivity contribution in [3.05, 3.63) is 46.4 Å². The zero-order valence-corrected chi connectivity index (χ0v) is 14.3. The molecule has 122 valence electrons. The maximum Gasteiger partial charge on any atom is 0.329 e. The van der Waals surface area contributed by atoms with Gasteiger partial charge in [-0.3, -0.25) is 9.36 Å². The van der Waals surface area contributed by atoms with Gasteiger partial charge in [-0.2, -0.15) is 0 Å². The summed E-state index contributed by atoms with van der Waals surface area (Å²) in [7, 11) is 0. The minimum absolute atomic E-state index is 0.222. The van der Waals surface area contributed by atoms with Crippen LogP contribution in [0.4, 0.5) is 0 Å². The van der Waals surface area contributed by atoms with Gasteiger partial charge in [-0.15, -0.1) is 11.3 Å². The topological polar surface area (TPSA) is 61.2 Å².